The van der Waals surface area contributed by atoms with Crippen LogP contribution in [0.4, 0.5) is 5.69 Å². The molecule has 0 aliphatic carbocycles. The van der Waals surface area contributed by atoms with E-state index in [2.05, 4.69) is 10.6 Å². The summed E-state index contributed by atoms with van der Waals surface area (Å²) in [7, 11) is 0. The normalized spacial score (nSPS) is 10.1. The van der Waals surface area contributed by atoms with Crippen LogP contribution in [0.2, 0.25) is 0 Å². The number of carbonyl (C=O) groups excluding carboxylic acids is 3. The second kappa shape index (κ2) is 9.85. The molecule has 29 heavy (non-hydrogen) atoms. The van der Waals surface area contributed by atoms with Gasteiger partial charge in [-0.05, 0) is 42.0 Å². The molecule has 0 fully saturated rings. The van der Waals surface area contributed by atoms with Gasteiger partial charge in [0.2, 0.25) is 0 Å². The van der Waals surface area contributed by atoms with E-state index in [9.17, 15) is 14.4 Å². The minimum Gasteiger partial charge on any atom is -0.460 e. The second-order valence-electron chi connectivity index (χ2n) is 6.23. The molecule has 0 heterocycles. The molecular weight excluding hydrogens is 368 g/mol. The van der Waals surface area contributed by atoms with E-state index in [1.54, 1.807) is 48.5 Å². The van der Waals surface area contributed by atoms with E-state index in [-0.39, 0.29) is 25.0 Å². The van der Waals surface area contributed by atoms with E-state index in [0.717, 1.165) is 5.56 Å². The van der Waals surface area contributed by atoms with E-state index in [1.165, 1.54) is 0 Å². The molecule has 2 amide bonds. The van der Waals surface area contributed by atoms with Crippen molar-refractivity contribution in [2.45, 2.75) is 6.61 Å². The van der Waals surface area contributed by atoms with Crippen molar-refractivity contribution >= 4 is 23.5 Å². The Morgan fingerprint density at radius 2 is 1.28 bits per heavy atom. The molecule has 6 nitrogen and oxygen atoms in total. The Morgan fingerprint density at radius 3 is 1.93 bits per heavy atom. The van der Waals surface area contributed by atoms with Crippen molar-refractivity contribution < 1.29 is 19.1 Å². The number of benzene rings is 3. The molecule has 0 saturated heterocycles. The Bertz CT molecular complexity index is 971. The molecular formula is C23H20N2O4. The average Bonchev–Trinajstić information content (AvgIpc) is 2.77. The molecule has 0 aromatic heterocycles. The lowest BCUT2D eigenvalue weighted by molar-refractivity contribution is -0.143. The second-order valence-corrected chi connectivity index (χ2v) is 6.23. The van der Waals surface area contributed by atoms with Crippen molar-refractivity contribution in [3.05, 3.63) is 102 Å². The molecule has 0 spiro atoms. The van der Waals surface area contributed by atoms with Gasteiger partial charge in [-0.1, -0.05) is 48.5 Å². The summed E-state index contributed by atoms with van der Waals surface area (Å²) in [5.74, 6) is -1.10. The number of amides is 2. The van der Waals surface area contributed by atoms with Gasteiger partial charge in [0, 0.05) is 16.8 Å². The van der Waals surface area contributed by atoms with Crippen molar-refractivity contribution in [3.63, 3.8) is 0 Å². The lowest BCUT2D eigenvalue weighted by atomic mass is 10.1. The Labute approximate surface area is 168 Å². The molecule has 6 heteroatoms. The van der Waals surface area contributed by atoms with Crippen LogP contribution >= 0.6 is 0 Å². The third-order valence-electron chi connectivity index (χ3n) is 4.08. The highest BCUT2D eigenvalue weighted by Gasteiger charge is 2.09. The van der Waals surface area contributed by atoms with Gasteiger partial charge in [0.05, 0.1) is 0 Å². The highest BCUT2D eigenvalue weighted by atomic mass is 16.5. The maximum atomic E-state index is 12.2. The zero-order valence-corrected chi connectivity index (χ0v) is 15.6. The highest BCUT2D eigenvalue weighted by Crippen LogP contribution is 2.10. The van der Waals surface area contributed by atoms with Crippen molar-refractivity contribution in [2.75, 3.05) is 11.9 Å². The van der Waals surface area contributed by atoms with Crippen LogP contribution < -0.4 is 10.6 Å². The number of rotatable bonds is 7. The molecule has 0 saturated carbocycles. The monoisotopic (exact) mass is 388 g/mol. The number of hydrogen-bond acceptors (Lipinski definition) is 4. The van der Waals surface area contributed by atoms with Crippen molar-refractivity contribution in [3.8, 4) is 0 Å². The molecule has 0 aliphatic heterocycles. The van der Waals surface area contributed by atoms with Crippen LogP contribution in [-0.4, -0.2) is 24.3 Å². The Balaban J connectivity index is 1.44. The summed E-state index contributed by atoms with van der Waals surface area (Å²) >= 11 is 0. The van der Waals surface area contributed by atoms with Crippen LogP contribution in [0.1, 0.15) is 26.3 Å². The van der Waals surface area contributed by atoms with Gasteiger partial charge >= 0.3 is 5.97 Å². The van der Waals surface area contributed by atoms with E-state index in [0.29, 0.717) is 16.8 Å². The molecule has 0 radical (unpaired) electrons. The molecule has 0 bridgehead atoms. The topological polar surface area (TPSA) is 84.5 Å². The number of anilines is 1. The maximum absolute atomic E-state index is 12.2. The summed E-state index contributed by atoms with van der Waals surface area (Å²) in [6.07, 6.45) is 0. The van der Waals surface area contributed by atoms with Gasteiger partial charge in [-0.2, -0.15) is 0 Å². The van der Waals surface area contributed by atoms with Gasteiger partial charge in [0.15, 0.2) is 0 Å². The zero-order chi connectivity index (χ0) is 20.5. The first-order valence-electron chi connectivity index (χ1n) is 9.06. The summed E-state index contributed by atoms with van der Waals surface area (Å²) in [6.45, 7) is -0.161. The number of carbonyl (C=O) groups is 3. The van der Waals surface area contributed by atoms with Crippen molar-refractivity contribution in [2.24, 2.45) is 0 Å². The first-order valence-corrected chi connectivity index (χ1v) is 9.06. The summed E-state index contributed by atoms with van der Waals surface area (Å²) in [6, 6.07) is 24.6. The van der Waals surface area contributed by atoms with Gasteiger partial charge < -0.3 is 15.4 Å². The van der Waals surface area contributed by atoms with Crippen LogP contribution in [0.15, 0.2) is 84.9 Å². The fourth-order valence-electron chi connectivity index (χ4n) is 2.54. The summed E-state index contributed by atoms with van der Waals surface area (Å²) in [5.41, 5.74) is 2.43. The Hall–Kier alpha value is -3.93. The number of esters is 1. The van der Waals surface area contributed by atoms with Crippen LogP contribution in [0.5, 0.6) is 0 Å². The zero-order valence-electron chi connectivity index (χ0n) is 15.6. The smallest absolute Gasteiger partial charge is 0.325 e. The SMILES string of the molecule is O=C(CNC(=O)c1ccccc1)OCc1ccc(C(=O)Nc2ccccc2)cc1. The molecule has 3 rings (SSSR count). The summed E-state index contributed by atoms with van der Waals surface area (Å²) < 4.78 is 5.16. The number of para-hydroxylation sites is 1. The average molecular weight is 388 g/mol. The minimum absolute atomic E-state index is 0.0562. The maximum Gasteiger partial charge on any atom is 0.325 e. The van der Waals surface area contributed by atoms with Crippen molar-refractivity contribution in [1.29, 1.82) is 0 Å². The molecule has 146 valence electrons. The molecule has 0 atom stereocenters. The van der Waals surface area contributed by atoms with Gasteiger partial charge in [-0.15, -0.1) is 0 Å². The fraction of sp³-hybridized carbons (Fsp3) is 0.0870. The Kier molecular flexibility index (Phi) is 6.73. The predicted molar refractivity (Wildman–Crippen MR) is 109 cm³/mol. The van der Waals surface area contributed by atoms with Crippen LogP contribution in [0.25, 0.3) is 0 Å². The molecule has 0 unspecified atom stereocenters. The third kappa shape index (κ3) is 6.04. The fourth-order valence-corrected chi connectivity index (χ4v) is 2.54. The van der Waals surface area contributed by atoms with Gasteiger partial charge in [0.1, 0.15) is 13.2 Å². The van der Waals surface area contributed by atoms with Crippen LogP contribution in [-0.2, 0) is 16.1 Å². The van der Waals surface area contributed by atoms with Crippen LogP contribution in [0.3, 0.4) is 0 Å². The summed E-state index contributed by atoms with van der Waals surface area (Å²) in [4.78, 5) is 35.9. The van der Waals surface area contributed by atoms with Gasteiger partial charge in [0.25, 0.3) is 11.8 Å². The number of nitrogens with one attached hydrogen (secondary N) is 2. The molecule has 0 aliphatic rings. The number of ether oxygens (including phenoxy) is 1. The third-order valence-corrected chi connectivity index (χ3v) is 4.08. The van der Waals surface area contributed by atoms with E-state index in [1.807, 2.05) is 36.4 Å². The van der Waals surface area contributed by atoms with Crippen LogP contribution in [0, 0.1) is 0 Å². The molecule has 2 N–H and O–H groups in total. The minimum atomic E-state index is -0.542. The first kappa shape index (κ1) is 19.8. The lowest BCUT2D eigenvalue weighted by Crippen LogP contribution is -2.30. The first-order chi connectivity index (χ1) is 14.1. The molecule has 3 aromatic carbocycles. The van der Waals surface area contributed by atoms with E-state index < -0.39 is 5.97 Å². The predicted octanol–water partition coefficient (Wildman–Crippen LogP) is 3.41. The van der Waals surface area contributed by atoms with E-state index >= 15 is 0 Å². The van der Waals surface area contributed by atoms with Gasteiger partial charge in [-0.25, -0.2) is 0 Å². The Morgan fingerprint density at radius 1 is 0.690 bits per heavy atom. The lowest BCUT2D eigenvalue weighted by Gasteiger charge is -2.08. The summed E-state index contributed by atoms with van der Waals surface area (Å²) in [5, 5.41) is 5.32. The van der Waals surface area contributed by atoms with Gasteiger partial charge in [-0.3, -0.25) is 14.4 Å². The largest absolute Gasteiger partial charge is 0.460 e. The van der Waals surface area contributed by atoms with Crippen molar-refractivity contribution in [1.82, 2.24) is 5.32 Å². The van der Waals surface area contributed by atoms with E-state index in [4.69, 9.17) is 4.74 Å². The highest BCUT2D eigenvalue weighted by molar-refractivity contribution is 6.04. The quantitative estimate of drug-likeness (QED) is 0.608. The molecule has 3 aromatic rings. The number of hydrogen-bond donors (Lipinski definition) is 2. The standard InChI is InChI=1S/C23H20N2O4/c26-21(15-24-22(27)18-7-3-1-4-8-18)29-16-17-11-13-19(14-12-17)23(28)25-20-9-5-2-6-10-20/h1-14H,15-16H2,(H,24,27)(H,25,28).